The van der Waals surface area contributed by atoms with Gasteiger partial charge >= 0.3 is 0 Å². The van der Waals surface area contributed by atoms with E-state index in [4.69, 9.17) is 9.15 Å². The molecule has 0 saturated carbocycles. The van der Waals surface area contributed by atoms with Gasteiger partial charge in [-0.3, -0.25) is 9.29 Å². The average Bonchev–Trinajstić information content (AvgIpc) is 3.44. The molecule has 0 bridgehead atoms. The molecule has 0 saturated heterocycles. The SMILES string of the molecule is COc1ccccc1-n1c(NS(=O)(=O)C(C)C(C)c2ncc(F)cn2)nnc1-c1ccc(C)o1. The van der Waals surface area contributed by atoms with Crippen molar-refractivity contribution in [2.24, 2.45) is 0 Å². The van der Waals surface area contributed by atoms with Crippen LogP contribution in [0.5, 0.6) is 5.75 Å². The minimum atomic E-state index is -4.00. The van der Waals surface area contributed by atoms with E-state index < -0.39 is 27.0 Å². The largest absolute Gasteiger partial charge is 0.495 e. The Kier molecular flexibility index (Phi) is 6.33. The second kappa shape index (κ2) is 9.21. The number of furan rings is 1. The number of nitrogens with one attached hydrogen (secondary N) is 1. The quantitative estimate of drug-likeness (QED) is 0.400. The summed E-state index contributed by atoms with van der Waals surface area (Å²) in [7, 11) is -2.49. The molecular formula is C22H23FN6O4S. The summed E-state index contributed by atoms with van der Waals surface area (Å²) in [5, 5.41) is 7.29. The van der Waals surface area contributed by atoms with Gasteiger partial charge in [-0.2, -0.15) is 0 Å². The van der Waals surface area contributed by atoms with Gasteiger partial charge in [0.2, 0.25) is 21.8 Å². The molecule has 4 rings (SSSR count). The molecule has 0 aliphatic carbocycles. The Morgan fingerprint density at radius 3 is 2.44 bits per heavy atom. The summed E-state index contributed by atoms with van der Waals surface area (Å²) >= 11 is 0. The van der Waals surface area contributed by atoms with Crippen molar-refractivity contribution in [1.82, 2.24) is 24.7 Å². The number of nitrogens with zero attached hydrogens (tertiary/aromatic N) is 5. The van der Waals surface area contributed by atoms with E-state index >= 15 is 0 Å². The lowest BCUT2D eigenvalue weighted by Crippen LogP contribution is -2.31. The predicted molar refractivity (Wildman–Crippen MR) is 123 cm³/mol. The summed E-state index contributed by atoms with van der Waals surface area (Å²) in [6, 6.07) is 10.6. The number of halogens is 1. The molecule has 3 heterocycles. The summed E-state index contributed by atoms with van der Waals surface area (Å²) in [5.74, 6) is 0.759. The van der Waals surface area contributed by atoms with Crippen LogP contribution < -0.4 is 9.46 Å². The topological polar surface area (TPSA) is 125 Å². The zero-order valence-electron chi connectivity index (χ0n) is 18.9. The van der Waals surface area contributed by atoms with E-state index in [9.17, 15) is 12.8 Å². The molecule has 0 aliphatic heterocycles. The second-order valence-corrected chi connectivity index (χ2v) is 9.70. The van der Waals surface area contributed by atoms with Crippen LogP contribution in [0.4, 0.5) is 10.3 Å². The smallest absolute Gasteiger partial charge is 0.243 e. The highest BCUT2D eigenvalue weighted by Gasteiger charge is 2.32. The van der Waals surface area contributed by atoms with E-state index in [0.717, 1.165) is 12.4 Å². The summed E-state index contributed by atoms with van der Waals surface area (Å²) in [4.78, 5) is 7.83. The number of benzene rings is 1. The maximum Gasteiger partial charge on any atom is 0.243 e. The summed E-state index contributed by atoms with van der Waals surface area (Å²) in [5.41, 5.74) is 0.513. The molecule has 12 heteroatoms. The number of hydrogen-bond acceptors (Lipinski definition) is 8. The van der Waals surface area contributed by atoms with Crippen LogP contribution in [0.25, 0.3) is 17.3 Å². The monoisotopic (exact) mass is 486 g/mol. The normalized spacial score (nSPS) is 13.4. The third kappa shape index (κ3) is 4.49. The number of anilines is 1. The summed E-state index contributed by atoms with van der Waals surface area (Å²) < 4.78 is 55.0. The number of para-hydroxylation sites is 2. The van der Waals surface area contributed by atoms with Crippen molar-refractivity contribution in [1.29, 1.82) is 0 Å². The van der Waals surface area contributed by atoms with E-state index in [0.29, 0.717) is 23.0 Å². The number of hydrogen-bond donors (Lipinski definition) is 1. The number of rotatable bonds is 8. The maximum atomic E-state index is 13.3. The van der Waals surface area contributed by atoms with E-state index in [2.05, 4.69) is 24.9 Å². The van der Waals surface area contributed by atoms with Gasteiger partial charge in [0.05, 0.1) is 30.4 Å². The second-order valence-electron chi connectivity index (χ2n) is 7.67. The van der Waals surface area contributed by atoms with E-state index in [1.165, 1.54) is 18.6 Å². The van der Waals surface area contributed by atoms with Crippen molar-refractivity contribution in [2.75, 3.05) is 11.8 Å². The van der Waals surface area contributed by atoms with Crippen molar-refractivity contribution in [2.45, 2.75) is 31.9 Å². The van der Waals surface area contributed by atoms with Crippen LogP contribution in [-0.4, -0.2) is 45.5 Å². The Bertz CT molecular complexity index is 1400. The summed E-state index contributed by atoms with van der Waals surface area (Å²) in [6.45, 7) is 4.96. The zero-order valence-corrected chi connectivity index (χ0v) is 19.7. The lowest BCUT2D eigenvalue weighted by molar-refractivity contribution is 0.413. The molecule has 0 spiro atoms. The first-order valence-electron chi connectivity index (χ1n) is 10.4. The molecular weight excluding hydrogens is 463 g/mol. The van der Waals surface area contributed by atoms with Crippen LogP contribution in [-0.2, 0) is 10.0 Å². The molecule has 178 valence electrons. The Morgan fingerprint density at radius 1 is 1.09 bits per heavy atom. The van der Waals surface area contributed by atoms with Gasteiger partial charge in [-0.1, -0.05) is 19.1 Å². The van der Waals surface area contributed by atoms with Crippen LogP contribution in [0.1, 0.15) is 31.4 Å². The average molecular weight is 487 g/mol. The fourth-order valence-electron chi connectivity index (χ4n) is 3.36. The van der Waals surface area contributed by atoms with Crippen molar-refractivity contribution in [3.05, 3.63) is 66.2 Å². The zero-order chi connectivity index (χ0) is 24.5. The first-order chi connectivity index (χ1) is 16.2. The highest BCUT2D eigenvalue weighted by atomic mass is 32.2. The van der Waals surface area contributed by atoms with Crippen molar-refractivity contribution < 1.29 is 22.0 Å². The minimum absolute atomic E-state index is 0.0485. The van der Waals surface area contributed by atoms with Crippen LogP contribution in [0.3, 0.4) is 0 Å². The molecule has 10 nitrogen and oxygen atoms in total. The fraction of sp³-hybridized carbons (Fsp3) is 0.273. The Hall–Kier alpha value is -3.80. The minimum Gasteiger partial charge on any atom is -0.495 e. The molecule has 1 aromatic carbocycles. The van der Waals surface area contributed by atoms with Crippen molar-refractivity contribution >= 4 is 16.0 Å². The van der Waals surface area contributed by atoms with Gasteiger partial charge in [0.15, 0.2) is 11.6 Å². The van der Waals surface area contributed by atoms with Gasteiger partial charge < -0.3 is 9.15 Å². The lowest BCUT2D eigenvalue weighted by atomic mass is 10.1. The molecule has 0 aliphatic rings. The standard InChI is InChI=1S/C22H23FN6O4S/c1-13-9-10-19(33-13)21-26-27-22(29(21)17-7-5-6-8-18(17)32-4)28-34(30,31)15(3)14(2)20-24-11-16(23)12-25-20/h5-12,14-15H,1-4H3,(H,27,28). The molecule has 0 amide bonds. The highest BCUT2D eigenvalue weighted by Crippen LogP contribution is 2.32. The molecule has 4 aromatic rings. The predicted octanol–water partition coefficient (Wildman–Crippen LogP) is 3.71. The Balaban J connectivity index is 1.75. The molecule has 0 fully saturated rings. The Morgan fingerprint density at radius 2 is 1.79 bits per heavy atom. The first-order valence-corrected chi connectivity index (χ1v) is 11.9. The van der Waals surface area contributed by atoms with Crippen LogP contribution in [0.15, 0.2) is 53.2 Å². The molecule has 1 N–H and O–H groups in total. The molecule has 34 heavy (non-hydrogen) atoms. The number of ether oxygens (including phenoxy) is 1. The lowest BCUT2D eigenvalue weighted by Gasteiger charge is -2.20. The molecule has 2 atom stereocenters. The van der Waals surface area contributed by atoms with Gasteiger partial charge in [0.1, 0.15) is 17.3 Å². The van der Waals surface area contributed by atoms with Gasteiger partial charge in [0.25, 0.3) is 0 Å². The van der Waals surface area contributed by atoms with Crippen LogP contribution in [0, 0.1) is 12.7 Å². The van der Waals surface area contributed by atoms with Crippen LogP contribution in [0.2, 0.25) is 0 Å². The highest BCUT2D eigenvalue weighted by molar-refractivity contribution is 7.93. The van der Waals surface area contributed by atoms with E-state index in [1.807, 2.05) is 0 Å². The van der Waals surface area contributed by atoms with Gasteiger partial charge in [0, 0.05) is 5.92 Å². The van der Waals surface area contributed by atoms with Crippen molar-refractivity contribution in [3.8, 4) is 23.0 Å². The first kappa shape index (κ1) is 23.4. The van der Waals surface area contributed by atoms with Gasteiger partial charge in [-0.15, -0.1) is 10.2 Å². The number of aromatic nitrogens is 5. The fourth-order valence-corrected chi connectivity index (χ4v) is 4.60. The molecule has 0 radical (unpaired) electrons. The van der Waals surface area contributed by atoms with Crippen molar-refractivity contribution in [3.63, 3.8) is 0 Å². The van der Waals surface area contributed by atoms with Gasteiger partial charge in [-0.05, 0) is 38.1 Å². The third-order valence-electron chi connectivity index (χ3n) is 5.42. The number of sulfonamides is 1. The Labute approximate surface area is 195 Å². The van der Waals surface area contributed by atoms with Crippen LogP contribution >= 0.6 is 0 Å². The number of methoxy groups -OCH3 is 1. The number of aryl methyl sites for hydroxylation is 1. The third-order valence-corrected chi connectivity index (χ3v) is 7.28. The van der Waals surface area contributed by atoms with Gasteiger partial charge in [-0.25, -0.2) is 22.8 Å². The van der Waals surface area contributed by atoms with E-state index in [-0.39, 0.29) is 17.6 Å². The maximum absolute atomic E-state index is 13.3. The molecule has 2 unspecified atom stereocenters. The van der Waals surface area contributed by atoms with E-state index in [1.54, 1.807) is 50.2 Å². The summed E-state index contributed by atoms with van der Waals surface area (Å²) in [6.07, 6.45) is 2.00. The molecule has 3 aromatic heterocycles.